The van der Waals surface area contributed by atoms with E-state index in [2.05, 4.69) is 20.4 Å². The van der Waals surface area contributed by atoms with Gasteiger partial charge in [-0.3, -0.25) is 9.74 Å². The van der Waals surface area contributed by atoms with Gasteiger partial charge in [0.1, 0.15) is 0 Å². The average Bonchev–Trinajstić information content (AvgIpc) is 2.30. The number of aliphatic carboxylic acids is 1. The molecule has 0 aromatic carbocycles. The van der Waals surface area contributed by atoms with Crippen molar-refractivity contribution >= 4 is 12.0 Å². The van der Waals surface area contributed by atoms with Crippen LogP contribution in [0.4, 0.5) is 4.79 Å². The Balaban J connectivity index is 1.97. The Morgan fingerprint density at radius 2 is 2.06 bits per heavy atom. The topological polar surface area (TPSA) is 103 Å². The molecular weight excluding hydrogens is 228 g/mol. The fourth-order valence-electron chi connectivity index (χ4n) is 1.46. The third-order valence-electron chi connectivity index (χ3n) is 2.28. The number of carbonyl (C=O) groups is 2. The Labute approximate surface area is 99.2 Å². The Morgan fingerprint density at radius 1 is 1.35 bits per heavy atom. The van der Waals surface area contributed by atoms with Crippen LogP contribution >= 0.6 is 0 Å². The van der Waals surface area contributed by atoms with Gasteiger partial charge in [-0.25, -0.2) is 15.1 Å². The largest absolute Gasteiger partial charge is 0.479 e. The highest BCUT2D eigenvalue weighted by Gasteiger charge is 2.09. The molecule has 1 heterocycles. The van der Waals surface area contributed by atoms with Gasteiger partial charge in [0.2, 0.25) is 0 Å². The summed E-state index contributed by atoms with van der Waals surface area (Å²) in [6.07, 6.45) is 0. The third kappa shape index (κ3) is 6.72. The number of carboxylic acid groups (broad SMARTS) is 1. The van der Waals surface area contributed by atoms with Gasteiger partial charge in [0, 0.05) is 39.3 Å². The van der Waals surface area contributed by atoms with Crippen molar-refractivity contribution in [1.29, 1.82) is 0 Å². The Bertz CT molecular complexity index is 255. The fourth-order valence-corrected chi connectivity index (χ4v) is 1.46. The predicted molar refractivity (Wildman–Crippen MR) is 59.4 cm³/mol. The second-order valence-corrected chi connectivity index (χ2v) is 3.63. The SMILES string of the molecule is O=C(O)CONC(=O)NCCN1CCNCC1. The number of hydrogen-bond acceptors (Lipinski definition) is 5. The third-order valence-corrected chi connectivity index (χ3v) is 2.28. The van der Waals surface area contributed by atoms with Crippen LogP contribution in [-0.4, -0.2) is 67.9 Å². The number of nitrogens with one attached hydrogen (secondary N) is 3. The molecule has 98 valence electrons. The molecule has 0 aromatic heterocycles. The molecule has 8 heteroatoms. The van der Waals surface area contributed by atoms with Crippen molar-refractivity contribution in [3.05, 3.63) is 0 Å². The molecule has 17 heavy (non-hydrogen) atoms. The van der Waals surface area contributed by atoms with Crippen LogP contribution in [0.5, 0.6) is 0 Å². The summed E-state index contributed by atoms with van der Waals surface area (Å²) in [5.41, 5.74) is 1.99. The van der Waals surface area contributed by atoms with Crippen molar-refractivity contribution in [2.24, 2.45) is 0 Å². The van der Waals surface area contributed by atoms with Crippen molar-refractivity contribution in [2.45, 2.75) is 0 Å². The first-order chi connectivity index (χ1) is 8.18. The summed E-state index contributed by atoms with van der Waals surface area (Å²) in [4.78, 5) is 27.8. The van der Waals surface area contributed by atoms with E-state index in [1.165, 1.54) is 0 Å². The quantitative estimate of drug-likeness (QED) is 0.413. The van der Waals surface area contributed by atoms with Crippen LogP contribution in [0.1, 0.15) is 0 Å². The first kappa shape index (κ1) is 13.7. The first-order valence-electron chi connectivity index (χ1n) is 5.49. The fraction of sp³-hybridized carbons (Fsp3) is 0.778. The Kier molecular flexibility index (Phi) is 6.30. The standard InChI is InChI=1S/C9H18N4O4/c14-8(15)7-17-12-9(16)11-3-6-13-4-1-10-2-5-13/h10H,1-7H2,(H,14,15)(H2,11,12,16). The molecule has 0 aromatic rings. The van der Waals surface area contributed by atoms with Gasteiger partial charge in [-0.15, -0.1) is 0 Å². The smallest absolute Gasteiger partial charge is 0.338 e. The zero-order valence-corrected chi connectivity index (χ0v) is 9.57. The molecule has 0 aliphatic carbocycles. The van der Waals surface area contributed by atoms with Gasteiger partial charge in [0.25, 0.3) is 0 Å². The van der Waals surface area contributed by atoms with Crippen molar-refractivity contribution in [3.8, 4) is 0 Å². The molecule has 1 aliphatic heterocycles. The van der Waals surface area contributed by atoms with E-state index >= 15 is 0 Å². The summed E-state index contributed by atoms with van der Waals surface area (Å²) in [6, 6.07) is -0.526. The lowest BCUT2D eigenvalue weighted by Crippen LogP contribution is -2.47. The van der Waals surface area contributed by atoms with E-state index in [9.17, 15) is 9.59 Å². The molecule has 1 saturated heterocycles. The molecule has 1 aliphatic rings. The van der Waals surface area contributed by atoms with Crippen molar-refractivity contribution in [3.63, 3.8) is 0 Å². The molecule has 0 bridgehead atoms. The monoisotopic (exact) mass is 246 g/mol. The maximum absolute atomic E-state index is 11.1. The number of rotatable bonds is 6. The number of hydroxylamine groups is 1. The molecule has 1 fully saturated rings. The van der Waals surface area contributed by atoms with Gasteiger partial charge in [-0.1, -0.05) is 0 Å². The minimum Gasteiger partial charge on any atom is -0.479 e. The van der Waals surface area contributed by atoms with E-state index in [4.69, 9.17) is 5.11 Å². The number of carboxylic acids is 1. The zero-order valence-electron chi connectivity index (χ0n) is 9.57. The normalized spacial score (nSPS) is 16.5. The summed E-state index contributed by atoms with van der Waals surface area (Å²) in [5.74, 6) is -1.13. The van der Waals surface area contributed by atoms with Gasteiger partial charge < -0.3 is 15.7 Å². The number of nitrogens with zero attached hydrogens (tertiary/aromatic N) is 1. The zero-order chi connectivity index (χ0) is 12.5. The van der Waals surface area contributed by atoms with Gasteiger partial charge >= 0.3 is 12.0 Å². The lowest BCUT2D eigenvalue weighted by atomic mass is 10.3. The maximum atomic E-state index is 11.1. The van der Waals surface area contributed by atoms with Gasteiger partial charge in [-0.2, -0.15) is 0 Å². The molecular formula is C9H18N4O4. The van der Waals surface area contributed by atoms with Crippen LogP contribution in [0.25, 0.3) is 0 Å². The van der Waals surface area contributed by atoms with E-state index in [-0.39, 0.29) is 0 Å². The van der Waals surface area contributed by atoms with Crippen molar-refractivity contribution in [2.75, 3.05) is 45.9 Å². The van der Waals surface area contributed by atoms with E-state index in [1.807, 2.05) is 5.48 Å². The van der Waals surface area contributed by atoms with Crippen LogP contribution in [0.3, 0.4) is 0 Å². The molecule has 4 N–H and O–H groups in total. The molecule has 0 radical (unpaired) electrons. The highest BCUT2D eigenvalue weighted by atomic mass is 16.7. The molecule has 2 amide bonds. The highest BCUT2D eigenvalue weighted by Crippen LogP contribution is 1.89. The minimum absolute atomic E-state index is 0.502. The van der Waals surface area contributed by atoms with Gasteiger partial charge in [0.15, 0.2) is 6.61 Å². The highest BCUT2D eigenvalue weighted by molar-refractivity contribution is 5.73. The Morgan fingerprint density at radius 3 is 2.71 bits per heavy atom. The molecule has 0 spiro atoms. The number of urea groups is 1. The number of amides is 2. The molecule has 1 rings (SSSR count). The van der Waals surface area contributed by atoms with Crippen LogP contribution in [0.2, 0.25) is 0 Å². The molecule has 0 saturated carbocycles. The van der Waals surface area contributed by atoms with Crippen LogP contribution in [0.15, 0.2) is 0 Å². The summed E-state index contributed by atoms with van der Waals surface area (Å²) in [6.45, 7) is 4.60. The van der Waals surface area contributed by atoms with E-state index in [0.29, 0.717) is 6.54 Å². The summed E-state index contributed by atoms with van der Waals surface area (Å²) in [7, 11) is 0. The van der Waals surface area contributed by atoms with Crippen LogP contribution in [-0.2, 0) is 9.63 Å². The lowest BCUT2D eigenvalue weighted by Gasteiger charge is -2.26. The Hall–Kier alpha value is -1.38. The van der Waals surface area contributed by atoms with Crippen LogP contribution < -0.4 is 16.1 Å². The van der Waals surface area contributed by atoms with Crippen molar-refractivity contribution < 1.29 is 19.5 Å². The maximum Gasteiger partial charge on any atom is 0.338 e. The minimum atomic E-state index is -1.13. The second kappa shape index (κ2) is 7.82. The molecule has 8 nitrogen and oxygen atoms in total. The van der Waals surface area contributed by atoms with E-state index in [1.54, 1.807) is 0 Å². The summed E-state index contributed by atoms with van der Waals surface area (Å²) >= 11 is 0. The van der Waals surface area contributed by atoms with E-state index in [0.717, 1.165) is 32.7 Å². The number of piperazine rings is 1. The molecule has 0 atom stereocenters. The first-order valence-corrected chi connectivity index (χ1v) is 5.49. The summed E-state index contributed by atoms with van der Waals surface area (Å²) < 4.78 is 0. The second-order valence-electron chi connectivity index (χ2n) is 3.63. The average molecular weight is 246 g/mol. The van der Waals surface area contributed by atoms with Crippen molar-refractivity contribution in [1.82, 2.24) is 21.0 Å². The number of carbonyl (C=O) groups excluding carboxylic acids is 1. The predicted octanol–water partition coefficient (Wildman–Crippen LogP) is -1.79. The van der Waals surface area contributed by atoms with Gasteiger partial charge in [0.05, 0.1) is 0 Å². The van der Waals surface area contributed by atoms with Crippen LogP contribution in [0, 0.1) is 0 Å². The summed E-state index contributed by atoms with van der Waals surface area (Å²) in [5, 5.41) is 14.1. The number of hydrogen-bond donors (Lipinski definition) is 4. The molecule has 0 unspecified atom stereocenters. The lowest BCUT2D eigenvalue weighted by molar-refractivity contribution is -0.144. The van der Waals surface area contributed by atoms with E-state index < -0.39 is 18.6 Å². The van der Waals surface area contributed by atoms with Gasteiger partial charge in [-0.05, 0) is 0 Å².